The molecule has 0 atom stereocenters. The third-order valence-corrected chi connectivity index (χ3v) is 4.38. The number of nitrogens with zero attached hydrogens (tertiary/aromatic N) is 1. The van der Waals surface area contributed by atoms with Crippen LogP contribution in [0.4, 0.5) is 0 Å². The van der Waals surface area contributed by atoms with E-state index in [0.717, 1.165) is 22.4 Å². The average molecular weight is 313 g/mol. The molecule has 0 radical (unpaired) electrons. The molecular weight excluding hydrogens is 294 g/mol. The molecule has 0 aliphatic rings. The lowest BCUT2D eigenvalue weighted by atomic mass is 9.98. The fourth-order valence-corrected chi connectivity index (χ4v) is 3.38. The molecule has 118 valence electrons. The second-order valence-electron chi connectivity index (χ2n) is 6.34. The minimum absolute atomic E-state index is 0.686. The van der Waals surface area contributed by atoms with Gasteiger partial charge in [-0.2, -0.15) is 0 Å². The van der Waals surface area contributed by atoms with Crippen LogP contribution >= 0.6 is 0 Å². The Morgan fingerprint density at radius 2 is 1.50 bits per heavy atom. The molecule has 2 aromatic heterocycles. The SMILES string of the molecule is Cc1cc(C)c(-c2cc3ccc(-c4ccccc4)nc3o2)c(C)c1. The van der Waals surface area contributed by atoms with E-state index in [1.165, 1.54) is 22.3 Å². The summed E-state index contributed by atoms with van der Waals surface area (Å²) < 4.78 is 6.11. The molecule has 0 aliphatic heterocycles. The van der Waals surface area contributed by atoms with E-state index in [2.05, 4.69) is 57.2 Å². The highest BCUT2D eigenvalue weighted by atomic mass is 16.3. The van der Waals surface area contributed by atoms with Crippen molar-refractivity contribution >= 4 is 11.1 Å². The van der Waals surface area contributed by atoms with Gasteiger partial charge in [0.15, 0.2) is 0 Å². The molecule has 24 heavy (non-hydrogen) atoms. The summed E-state index contributed by atoms with van der Waals surface area (Å²) in [7, 11) is 0. The Labute approximate surface area is 141 Å². The number of pyridine rings is 1. The number of rotatable bonds is 2. The van der Waals surface area contributed by atoms with Crippen molar-refractivity contribution in [1.29, 1.82) is 0 Å². The van der Waals surface area contributed by atoms with E-state index in [1.54, 1.807) is 0 Å². The van der Waals surface area contributed by atoms with Crippen molar-refractivity contribution in [3.8, 4) is 22.6 Å². The minimum atomic E-state index is 0.686. The van der Waals surface area contributed by atoms with Gasteiger partial charge >= 0.3 is 0 Å². The topological polar surface area (TPSA) is 26.0 Å². The lowest BCUT2D eigenvalue weighted by Gasteiger charge is -2.08. The lowest BCUT2D eigenvalue weighted by Crippen LogP contribution is -1.88. The summed E-state index contributed by atoms with van der Waals surface area (Å²) in [5.41, 5.74) is 7.62. The highest BCUT2D eigenvalue weighted by Gasteiger charge is 2.13. The zero-order valence-electron chi connectivity index (χ0n) is 14.1. The third kappa shape index (κ3) is 2.50. The molecule has 0 amide bonds. The number of hydrogen-bond donors (Lipinski definition) is 0. The molecule has 0 saturated heterocycles. The Kier molecular flexibility index (Phi) is 3.46. The van der Waals surface area contributed by atoms with Gasteiger partial charge in [0.1, 0.15) is 5.76 Å². The number of furan rings is 1. The molecule has 4 rings (SSSR count). The van der Waals surface area contributed by atoms with Crippen LogP contribution in [-0.4, -0.2) is 4.98 Å². The summed E-state index contributed by atoms with van der Waals surface area (Å²) >= 11 is 0. The first-order valence-electron chi connectivity index (χ1n) is 8.16. The van der Waals surface area contributed by atoms with E-state index in [4.69, 9.17) is 9.40 Å². The molecule has 0 bridgehead atoms. The van der Waals surface area contributed by atoms with Crippen LogP contribution in [0.1, 0.15) is 16.7 Å². The summed E-state index contributed by atoms with van der Waals surface area (Å²) in [5.74, 6) is 0.887. The zero-order valence-corrected chi connectivity index (χ0v) is 14.1. The number of fused-ring (bicyclic) bond motifs is 1. The fourth-order valence-electron chi connectivity index (χ4n) is 3.38. The summed E-state index contributed by atoms with van der Waals surface area (Å²) in [6.45, 7) is 6.38. The van der Waals surface area contributed by atoms with Crippen LogP contribution < -0.4 is 0 Å². The predicted molar refractivity (Wildman–Crippen MR) is 99.1 cm³/mol. The smallest absolute Gasteiger partial charge is 0.227 e. The number of hydrogen-bond acceptors (Lipinski definition) is 2. The van der Waals surface area contributed by atoms with Gasteiger partial charge in [-0.15, -0.1) is 0 Å². The van der Waals surface area contributed by atoms with Crippen LogP contribution in [0.15, 0.2) is 65.1 Å². The van der Waals surface area contributed by atoms with Crippen LogP contribution in [-0.2, 0) is 0 Å². The van der Waals surface area contributed by atoms with Crippen molar-refractivity contribution in [3.05, 3.63) is 77.4 Å². The Hall–Kier alpha value is -2.87. The lowest BCUT2D eigenvalue weighted by molar-refractivity contribution is 0.618. The quantitative estimate of drug-likeness (QED) is 0.448. The van der Waals surface area contributed by atoms with E-state index in [1.807, 2.05) is 24.3 Å². The molecule has 2 nitrogen and oxygen atoms in total. The molecule has 0 aliphatic carbocycles. The molecule has 0 saturated carbocycles. The summed E-state index contributed by atoms with van der Waals surface area (Å²) in [6, 6.07) is 20.8. The van der Waals surface area contributed by atoms with Crippen LogP contribution in [0, 0.1) is 20.8 Å². The van der Waals surface area contributed by atoms with E-state index < -0.39 is 0 Å². The molecule has 0 unspecified atom stereocenters. The van der Waals surface area contributed by atoms with Crippen LogP contribution in [0.2, 0.25) is 0 Å². The van der Waals surface area contributed by atoms with E-state index >= 15 is 0 Å². The van der Waals surface area contributed by atoms with E-state index in [0.29, 0.717) is 5.71 Å². The fraction of sp³-hybridized carbons (Fsp3) is 0.136. The summed E-state index contributed by atoms with van der Waals surface area (Å²) in [5, 5.41) is 1.03. The Morgan fingerprint density at radius 1 is 0.792 bits per heavy atom. The standard InChI is InChI=1S/C22H19NO/c1-14-11-15(2)21(16(3)12-14)20-13-18-9-10-19(23-22(18)24-20)17-7-5-4-6-8-17/h4-13H,1-3H3. The molecule has 4 aromatic rings. The van der Waals surface area contributed by atoms with Gasteiger partial charge in [-0.05, 0) is 50.1 Å². The molecule has 2 heteroatoms. The van der Waals surface area contributed by atoms with Gasteiger partial charge in [0.25, 0.3) is 0 Å². The highest BCUT2D eigenvalue weighted by molar-refractivity contribution is 5.83. The third-order valence-electron chi connectivity index (χ3n) is 4.38. The largest absolute Gasteiger partial charge is 0.438 e. The maximum atomic E-state index is 6.11. The van der Waals surface area contributed by atoms with Crippen molar-refractivity contribution < 1.29 is 4.42 Å². The van der Waals surface area contributed by atoms with E-state index in [-0.39, 0.29) is 0 Å². The first kappa shape index (κ1) is 14.7. The van der Waals surface area contributed by atoms with Gasteiger partial charge in [0, 0.05) is 16.5 Å². The maximum absolute atomic E-state index is 6.11. The normalized spacial score (nSPS) is 11.1. The van der Waals surface area contributed by atoms with Crippen molar-refractivity contribution in [2.45, 2.75) is 20.8 Å². The molecule has 0 spiro atoms. The van der Waals surface area contributed by atoms with Gasteiger partial charge in [-0.25, -0.2) is 4.98 Å². The second-order valence-corrected chi connectivity index (χ2v) is 6.34. The monoisotopic (exact) mass is 313 g/mol. The Morgan fingerprint density at radius 3 is 2.21 bits per heavy atom. The highest BCUT2D eigenvalue weighted by Crippen LogP contribution is 2.33. The molecule has 0 N–H and O–H groups in total. The van der Waals surface area contributed by atoms with Crippen LogP contribution in [0.5, 0.6) is 0 Å². The Bertz CT molecular complexity index is 1010. The van der Waals surface area contributed by atoms with Crippen LogP contribution in [0.3, 0.4) is 0 Å². The number of benzene rings is 2. The predicted octanol–water partition coefficient (Wildman–Crippen LogP) is 6.09. The number of aromatic nitrogens is 1. The van der Waals surface area contributed by atoms with Gasteiger partial charge in [-0.3, -0.25) is 0 Å². The van der Waals surface area contributed by atoms with Crippen molar-refractivity contribution in [2.75, 3.05) is 0 Å². The first-order valence-corrected chi connectivity index (χ1v) is 8.16. The van der Waals surface area contributed by atoms with Gasteiger partial charge in [0.2, 0.25) is 5.71 Å². The molecule has 2 heterocycles. The van der Waals surface area contributed by atoms with Gasteiger partial charge in [-0.1, -0.05) is 48.0 Å². The Balaban J connectivity index is 1.85. The molecule has 0 fully saturated rings. The van der Waals surface area contributed by atoms with Crippen molar-refractivity contribution in [3.63, 3.8) is 0 Å². The van der Waals surface area contributed by atoms with Gasteiger partial charge in [0.05, 0.1) is 5.69 Å². The minimum Gasteiger partial charge on any atom is -0.438 e. The molecular formula is C22H19NO. The molecule has 2 aromatic carbocycles. The maximum Gasteiger partial charge on any atom is 0.227 e. The zero-order chi connectivity index (χ0) is 16.7. The second kappa shape index (κ2) is 5.64. The summed E-state index contributed by atoms with van der Waals surface area (Å²) in [6.07, 6.45) is 0. The van der Waals surface area contributed by atoms with Gasteiger partial charge < -0.3 is 4.42 Å². The first-order chi connectivity index (χ1) is 11.6. The van der Waals surface area contributed by atoms with Crippen molar-refractivity contribution in [2.24, 2.45) is 0 Å². The summed E-state index contributed by atoms with van der Waals surface area (Å²) in [4.78, 5) is 4.70. The van der Waals surface area contributed by atoms with Crippen LogP contribution in [0.25, 0.3) is 33.7 Å². The van der Waals surface area contributed by atoms with Crippen molar-refractivity contribution in [1.82, 2.24) is 4.98 Å². The number of aryl methyl sites for hydroxylation is 3. The average Bonchev–Trinajstić information content (AvgIpc) is 2.97. The van der Waals surface area contributed by atoms with E-state index in [9.17, 15) is 0 Å².